The number of hydrogen-bond donors (Lipinski definition) is 1. The molecule has 9 nitrogen and oxygen atoms in total. The Kier molecular flexibility index (Phi) is 10.9. The summed E-state index contributed by atoms with van der Waals surface area (Å²) in [6.07, 6.45) is 3.02. The Bertz CT molecular complexity index is 1680. The number of carbonyl (C=O) groups excluding carboxylic acids is 1. The Morgan fingerprint density at radius 2 is 1.83 bits per heavy atom. The van der Waals surface area contributed by atoms with Crippen molar-refractivity contribution < 1.29 is 31.1 Å². The van der Waals surface area contributed by atoms with E-state index in [1.807, 2.05) is 4.90 Å². The Hall–Kier alpha value is -4.56. The van der Waals surface area contributed by atoms with Crippen molar-refractivity contribution in [3.63, 3.8) is 0 Å². The largest absolute Gasteiger partial charge is 0.435 e. The highest BCUT2D eigenvalue weighted by molar-refractivity contribution is 5.96. The Labute approximate surface area is 268 Å². The summed E-state index contributed by atoms with van der Waals surface area (Å²) >= 11 is 0. The highest BCUT2D eigenvalue weighted by atomic mass is 19.4. The Morgan fingerprint density at radius 1 is 1.15 bits per heavy atom. The molecular weight excluding hydrogens is 626 g/mol. The number of aryl methyl sites for hydroxylation is 1. The Morgan fingerprint density at radius 3 is 2.38 bits per heavy atom. The number of piperazine rings is 1. The fourth-order valence-corrected chi connectivity index (χ4v) is 5.36. The Balaban J connectivity index is 0.000000762. The average molecular weight is 665 g/mol. The molecule has 1 aliphatic heterocycles. The predicted octanol–water partition coefficient (Wildman–Crippen LogP) is 7.41. The zero-order chi connectivity index (χ0) is 33.2. The maximum atomic E-state index is 15.2. The van der Waals surface area contributed by atoms with Gasteiger partial charge >= 0.3 is 6.18 Å². The van der Waals surface area contributed by atoms with Gasteiger partial charge in [-0.05, 0) is 36.7 Å². The monoisotopic (exact) mass is 664 g/mol. The van der Waals surface area contributed by atoms with E-state index in [-0.39, 0.29) is 35.8 Å². The molecule has 1 N–H and O–H groups in total. The maximum Gasteiger partial charge on any atom is 0.435 e. The van der Waals surface area contributed by atoms with Crippen LogP contribution < -0.4 is 5.32 Å². The number of nitrogens with zero attached hydrogens (tertiary/aromatic N) is 7. The summed E-state index contributed by atoms with van der Waals surface area (Å²) in [5.74, 6) is -0.0251. The minimum absolute atomic E-state index is 0. The topological polar surface area (TPSA) is 83.6 Å². The molecular formula is C32H38F6N8O. The van der Waals surface area contributed by atoms with Gasteiger partial charge in [0, 0.05) is 50.5 Å². The van der Waals surface area contributed by atoms with Crippen LogP contribution >= 0.6 is 0 Å². The number of imidazole rings is 1. The van der Waals surface area contributed by atoms with Crippen molar-refractivity contribution in [3.05, 3.63) is 72.3 Å². The van der Waals surface area contributed by atoms with Crippen molar-refractivity contribution in [3.8, 4) is 11.3 Å². The predicted molar refractivity (Wildman–Crippen MR) is 167 cm³/mol. The second-order valence-electron chi connectivity index (χ2n) is 11.4. The molecule has 1 aliphatic carbocycles. The van der Waals surface area contributed by atoms with Gasteiger partial charge in [-0.15, -0.1) is 0 Å². The highest BCUT2D eigenvalue weighted by Crippen LogP contribution is 2.37. The quantitative estimate of drug-likeness (QED) is 0.207. The molecule has 2 fully saturated rings. The molecule has 47 heavy (non-hydrogen) atoms. The van der Waals surface area contributed by atoms with Gasteiger partial charge in [0.2, 0.25) is 0 Å². The number of fused-ring (bicyclic) bond motifs is 1. The number of anilines is 2. The highest BCUT2D eigenvalue weighted by Gasteiger charge is 2.38. The van der Waals surface area contributed by atoms with E-state index < -0.39 is 42.1 Å². The van der Waals surface area contributed by atoms with Crippen molar-refractivity contribution in [2.24, 2.45) is 5.92 Å². The molecule has 4 heterocycles. The molecule has 1 amide bonds. The summed E-state index contributed by atoms with van der Waals surface area (Å²) in [5.41, 5.74) is -1.19. The molecule has 6 rings (SSSR count). The van der Waals surface area contributed by atoms with E-state index in [0.29, 0.717) is 36.4 Å². The minimum Gasteiger partial charge on any atom is -0.374 e. The number of halogens is 6. The standard InChI is InChI=1S/C26H24F6N8O.C5H10.CH4/c1-3-37-6-8-38(9-7-37)25(41)21-15(2)10-16(11-18(21)27)35-23-24-34-12-19(40(24)5-4-33-23)17-13-39(14-20(28)29)36-22(17)26(30,31)32;1-5-3-2-4-5;/h3-5,10-13,20H,1,6-9,14H2,2H3,(H,33,35);5H,2-4H2,1H3;1H4. The smallest absolute Gasteiger partial charge is 0.374 e. The lowest BCUT2D eigenvalue weighted by Gasteiger charge is -2.34. The lowest BCUT2D eigenvalue weighted by molar-refractivity contribution is -0.141. The number of carbonyl (C=O) groups is 1. The van der Waals surface area contributed by atoms with Crippen LogP contribution in [-0.2, 0) is 12.7 Å². The molecule has 1 aromatic carbocycles. The maximum absolute atomic E-state index is 15.2. The van der Waals surface area contributed by atoms with Crippen LogP contribution in [0.5, 0.6) is 0 Å². The molecule has 3 aromatic heterocycles. The molecule has 0 unspecified atom stereocenters. The number of alkyl halides is 5. The van der Waals surface area contributed by atoms with Crippen molar-refractivity contribution in [1.82, 2.24) is 33.9 Å². The summed E-state index contributed by atoms with van der Waals surface area (Å²) in [6, 6.07) is 2.69. The van der Waals surface area contributed by atoms with Gasteiger partial charge in [-0.3, -0.25) is 13.9 Å². The van der Waals surface area contributed by atoms with E-state index in [9.17, 15) is 26.7 Å². The lowest BCUT2D eigenvalue weighted by Crippen LogP contribution is -2.47. The van der Waals surface area contributed by atoms with Crippen molar-refractivity contribution in [1.29, 1.82) is 0 Å². The zero-order valence-corrected chi connectivity index (χ0v) is 25.4. The molecule has 1 saturated heterocycles. The van der Waals surface area contributed by atoms with Crippen LogP contribution in [0, 0.1) is 18.7 Å². The van der Waals surface area contributed by atoms with Gasteiger partial charge in [0.05, 0.1) is 23.0 Å². The number of benzene rings is 1. The third kappa shape index (κ3) is 7.88. The first kappa shape index (κ1) is 35.3. The zero-order valence-electron chi connectivity index (χ0n) is 25.4. The van der Waals surface area contributed by atoms with Gasteiger partial charge in [-0.1, -0.05) is 40.2 Å². The third-order valence-electron chi connectivity index (χ3n) is 8.08. The molecule has 1 saturated carbocycles. The third-order valence-corrected chi connectivity index (χ3v) is 8.08. The van der Waals surface area contributed by atoms with E-state index in [0.717, 1.165) is 24.4 Å². The molecule has 0 spiro atoms. The van der Waals surface area contributed by atoms with Crippen LogP contribution in [0.2, 0.25) is 0 Å². The lowest BCUT2D eigenvalue weighted by atomic mass is 9.88. The van der Waals surface area contributed by atoms with E-state index in [2.05, 4.69) is 33.9 Å². The van der Waals surface area contributed by atoms with Gasteiger partial charge < -0.3 is 15.1 Å². The van der Waals surface area contributed by atoms with Crippen LogP contribution in [0.15, 0.2) is 49.7 Å². The summed E-state index contributed by atoms with van der Waals surface area (Å²) in [4.78, 5) is 24.9. The number of aromatic nitrogens is 5. The second-order valence-corrected chi connectivity index (χ2v) is 11.4. The number of nitrogens with one attached hydrogen (secondary N) is 1. The van der Waals surface area contributed by atoms with Crippen LogP contribution in [0.25, 0.3) is 16.9 Å². The number of amides is 1. The van der Waals surface area contributed by atoms with Crippen molar-refractivity contribution in [2.75, 3.05) is 31.5 Å². The van der Waals surface area contributed by atoms with Crippen LogP contribution in [0.1, 0.15) is 55.2 Å². The van der Waals surface area contributed by atoms with Gasteiger partial charge in [0.1, 0.15) is 12.4 Å². The molecule has 2 aliphatic rings. The minimum atomic E-state index is -4.91. The molecule has 4 aromatic rings. The van der Waals surface area contributed by atoms with E-state index in [1.54, 1.807) is 24.1 Å². The summed E-state index contributed by atoms with van der Waals surface area (Å²) < 4.78 is 83.8. The van der Waals surface area contributed by atoms with Crippen LogP contribution in [0.3, 0.4) is 0 Å². The fraction of sp³-hybridized carbons (Fsp3) is 0.438. The second kappa shape index (κ2) is 14.5. The van der Waals surface area contributed by atoms with E-state index >= 15 is 4.39 Å². The van der Waals surface area contributed by atoms with Gasteiger partial charge in [0.25, 0.3) is 12.3 Å². The number of hydrogen-bond acceptors (Lipinski definition) is 6. The van der Waals surface area contributed by atoms with Gasteiger partial charge in [-0.25, -0.2) is 23.1 Å². The van der Waals surface area contributed by atoms with Crippen molar-refractivity contribution in [2.45, 2.75) is 59.7 Å². The molecule has 0 radical (unpaired) electrons. The summed E-state index contributed by atoms with van der Waals surface area (Å²) in [6.45, 7) is 8.64. The van der Waals surface area contributed by atoms with Gasteiger partial charge in [-0.2, -0.15) is 18.3 Å². The van der Waals surface area contributed by atoms with E-state index in [4.69, 9.17) is 0 Å². The first-order valence-electron chi connectivity index (χ1n) is 14.8. The van der Waals surface area contributed by atoms with Gasteiger partial charge in [0.15, 0.2) is 17.2 Å². The fourth-order valence-electron chi connectivity index (χ4n) is 5.36. The summed E-state index contributed by atoms with van der Waals surface area (Å²) in [5, 5.41) is 6.23. The van der Waals surface area contributed by atoms with Crippen LogP contribution in [0.4, 0.5) is 37.8 Å². The molecule has 254 valence electrons. The first-order chi connectivity index (χ1) is 21.8. The van der Waals surface area contributed by atoms with Crippen molar-refractivity contribution >= 4 is 23.1 Å². The van der Waals surface area contributed by atoms with E-state index in [1.165, 1.54) is 36.1 Å². The summed E-state index contributed by atoms with van der Waals surface area (Å²) in [7, 11) is 0. The molecule has 0 bridgehead atoms. The normalized spacial score (nSPS) is 15.2. The first-order valence-corrected chi connectivity index (χ1v) is 14.8. The average Bonchev–Trinajstić information content (AvgIpc) is 3.60. The molecule has 15 heteroatoms. The number of rotatable bonds is 7. The van der Waals surface area contributed by atoms with Crippen LogP contribution in [-0.4, -0.2) is 72.5 Å². The SMILES string of the molecule is C.C=CN1CCN(C(=O)c2c(C)cc(Nc3nccn4c(-c5cn(CC(F)F)nc5C(F)(F)F)cnc34)cc2F)CC1.CC1CCC1. The molecule has 0 atom stereocenters.